The van der Waals surface area contributed by atoms with Crippen LogP contribution in [-0.2, 0) is 14.8 Å². The van der Waals surface area contributed by atoms with E-state index >= 15 is 0 Å². The molecule has 2 fully saturated rings. The van der Waals surface area contributed by atoms with Gasteiger partial charge in [0.05, 0.1) is 15.9 Å². The van der Waals surface area contributed by atoms with Gasteiger partial charge in [0.2, 0.25) is 10.0 Å². The zero-order chi connectivity index (χ0) is 18.1. The topological polar surface area (TPSA) is 104 Å². The normalized spacial score (nSPS) is 20.0. The van der Waals surface area contributed by atoms with Crippen LogP contribution in [0.4, 0.5) is 0 Å². The van der Waals surface area contributed by atoms with Gasteiger partial charge in [0.15, 0.2) is 0 Å². The van der Waals surface area contributed by atoms with Crippen LogP contribution in [-0.4, -0.2) is 49.3 Å². The molecule has 3 rings (SSSR count). The van der Waals surface area contributed by atoms with E-state index in [-0.39, 0.29) is 17.0 Å². The minimum absolute atomic E-state index is 0.0132. The van der Waals surface area contributed by atoms with E-state index in [1.165, 1.54) is 16.4 Å². The number of carbonyl (C=O) groups is 2. The summed E-state index contributed by atoms with van der Waals surface area (Å²) in [4.78, 5) is 23.7. The van der Waals surface area contributed by atoms with Crippen LogP contribution < -0.4 is 5.32 Å². The number of hydrogen-bond acceptors (Lipinski definition) is 4. The Bertz CT molecular complexity index is 780. The standard InChI is InChI=1S/C17H22N2O5S/c20-15(18-12-17(8-9-17)16(21)22)13-6-2-3-7-14(13)25(23,24)19-10-4-1-5-11-19/h2-3,6-7H,1,4-5,8-12H2,(H,18,20)(H,21,22). The quantitative estimate of drug-likeness (QED) is 0.793. The van der Waals surface area contributed by atoms with Crippen molar-refractivity contribution >= 4 is 21.9 Å². The molecule has 0 aromatic heterocycles. The molecule has 0 atom stereocenters. The van der Waals surface area contributed by atoms with E-state index in [4.69, 9.17) is 0 Å². The zero-order valence-corrected chi connectivity index (χ0v) is 14.7. The average molecular weight is 366 g/mol. The van der Waals surface area contributed by atoms with Crippen molar-refractivity contribution in [3.8, 4) is 0 Å². The van der Waals surface area contributed by atoms with Crippen LogP contribution >= 0.6 is 0 Å². The van der Waals surface area contributed by atoms with Crippen molar-refractivity contribution in [1.82, 2.24) is 9.62 Å². The van der Waals surface area contributed by atoms with Crippen LogP contribution in [0.5, 0.6) is 0 Å². The van der Waals surface area contributed by atoms with Crippen molar-refractivity contribution in [3.63, 3.8) is 0 Å². The first kappa shape index (κ1) is 17.9. The molecule has 1 aromatic rings. The Morgan fingerprint density at radius 2 is 1.76 bits per heavy atom. The second-order valence-corrected chi connectivity index (χ2v) is 8.64. The lowest BCUT2D eigenvalue weighted by Crippen LogP contribution is -2.38. The molecule has 0 unspecified atom stereocenters. The van der Waals surface area contributed by atoms with Gasteiger partial charge in [-0.15, -0.1) is 0 Å². The monoisotopic (exact) mass is 366 g/mol. The largest absolute Gasteiger partial charge is 0.481 e. The molecule has 8 heteroatoms. The highest BCUT2D eigenvalue weighted by Gasteiger charge is 2.50. The van der Waals surface area contributed by atoms with Crippen LogP contribution in [0.2, 0.25) is 0 Å². The van der Waals surface area contributed by atoms with E-state index in [1.54, 1.807) is 12.1 Å². The first-order valence-corrected chi connectivity index (χ1v) is 9.92. The van der Waals surface area contributed by atoms with Gasteiger partial charge in [-0.1, -0.05) is 18.6 Å². The number of piperidine rings is 1. The Morgan fingerprint density at radius 3 is 2.36 bits per heavy atom. The minimum atomic E-state index is -3.74. The molecule has 7 nitrogen and oxygen atoms in total. The highest BCUT2D eigenvalue weighted by molar-refractivity contribution is 7.89. The number of aliphatic carboxylic acids is 1. The fourth-order valence-corrected chi connectivity index (χ4v) is 4.79. The molecule has 0 spiro atoms. The van der Waals surface area contributed by atoms with Crippen molar-refractivity contribution in [2.45, 2.75) is 37.0 Å². The Labute approximate surface area is 147 Å². The third kappa shape index (κ3) is 3.55. The van der Waals surface area contributed by atoms with Gasteiger partial charge in [0, 0.05) is 19.6 Å². The summed E-state index contributed by atoms with van der Waals surface area (Å²) in [5.41, 5.74) is -0.828. The summed E-state index contributed by atoms with van der Waals surface area (Å²) in [5.74, 6) is -1.48. The van der Waals surface area contributed by atoms with Gasteiger partial charge in [-0.3, -0.25) is 9.59 Å². The number of hydrogen-bond donors (Lipinski definition) is 2. The predicted octanol–water partition coefficient (Wildman–Crippen LogP) is 1.46. The van der Waals surface area contributed by atoms with Gasteiger partial charge in [-0.2, -0.15) is 4.31 Å². The molecule has 1 saturated heterocycles. The highest BCUT2D eigenvalue weighted by atomic mass is 32.2. The van der Waals surface area contributed by atoms with E-state index in [2.05, 4.69) is 5.32 Å². The Morgan fingerprint density at radius 1 is 1.12 bits per heavy atom. The maximum absolute atomic E-state index is 12.9. The maximum atomic E-state index is 12.9. The summed E-state index contributed by atoms with van der Waals surface area (Å²) < 4.78 is 27.2. The number of amides is 1. The van der Waals surface area contributed by atoms with E-state index in [9.17, 15) is 23.1 Å². The van der Waals surface area contributed by atoms with E-state index in [1.807, 2.05) is 0 Å². The number of nitrogens with one attached hydrogen (secondary N) is 1. The summed E-state index contributed by atoms with van der Waals surface area (Å²) in [5, 5.41) is 11.8. The average Bonchev–Trinajstić information content (AvgIpc) is 3.42. The first-order valence-electron chi connectivity index (χ1n) is 8.48. The Balaban J connectivity index is 1.80. The summed E-state index contributed by atoms with van der Waals surface area (Å²) in [6.07, 6.45) is 3.68. The summed E-state index contributed by atoms with van der Waals surface area (Å²) in [6.45, 7) is 0.931. The van der Waals surface area contributed by atoms with Crippen molar-refractivity contribution in [3.05, 3.63) is 29.8 Å². The molecule has 1 aliphatic carbocycles. The van der Waals surface area contributed by atoms with Crippen molar-refractivity contribution in [2.24, 2.45) is 5.41 Å². The lowest BCUT2D eigenvalue weighted by Gasteiger charge is -2.26. The number of carboxylic acid groups (broad SMARTS) is 1. The molecule has 25 heavy (non-hydrogen) atoms. The lowest BCUT2D eigenvalue weighted by molar-refractivity contribution is -0.143. The van der Waals surface area contributed by atoms with Crippen LogP contribution in [0, 0.1) is 5.41 Å². The van der Waals surface area contributed by atoms with Crippen molar-refractivity contribution in [1.29, 1.82) is 0 Å². The molecule has 0 radical (unpaired) electrons. The van der Waals surface area contributed by atoms with Crippen LogP contribution in [0.25, 0.3) is 0 Å². The molecule has 1 saturated carbocycles. The minimum Gasteiger partial charge on any atom is -0.481 e. The third-order valence-corrected chi connectivity index (χ3v) is 6.92. The zero-order valence-electron chi connectivity index (χ0n) is 13.9. The SMILES string of the molecule is O=C(NCC1(C(=O)O)CC1)c1ccccc1S(=O)(=O)N1CCCCC1. The molecule has 2 aliphatic rings. The van der Waals surface area contributed by atoms with Gasteiger partial charge >= 0.3 is 5.97 Å². The molecular formula is C17H22N2O5S. The van der Waals surface area contributed by atoms with Crippen LogP contribution in [0.1, 0.15) is 42.5 Å². The van der Waals surface area contributed by atoms with Crippen LogP contribution in [0.15, 0.2) is 29.2 Å². The second kappa shape index (κ2) is 6.76. The third-order valence-electron chi connectivity index (χ3n) is 4.96. The van der Waals surface area contributed by atoms with Gasteiger partial charge in [-0.05, 0) is 37.8 Å². The van der Waals surface area contributed by atoms with Crippen molar-refractivity contribution < 1.29 is 23.1 Å². The Hall–Kier alpha value is -1.93. The number of carbonyl (C=O) groups excluding carboxylic acids is 1. The number of benzene rings is 1. The van der Waals surface area contributed by atoms with Crippen LogP contribution in [0.3, 0.4) is 0 Å². The molecule has 1 aromatic carbocycles. The molecule has 2 N–H and O–H groups in total. The molecule has 136 valence electrons. The summed E-state index contributed by atoms with van der Waals surface area (Å²) in [7, 11) is -3.74. The number of nitrogens with zero attached hydrogens (tertiary/aromatic N) is 1. The molecule has 0 bridgehead atoms. The predicted molar refractivity (Wildman–Crippen MR) is 90.7 cm³/mol. The second-order valence-electron chi connectivity index (χ2n) is 6.73. The van der Waals surface area contributed by atoms with Gasteiger partial charge in [0.1, 0.15) is 0 Å². The summed E-state index contributed by atoms with van der Waals surface area (Å²) >= 11 is 0. The first-order chi connectivity index (χ1) is 11.9. The maximum Gasteiger partial charge on any atom is 0.311 e. The fraction of sp³-hybridized carbons (Fsp3) is 0.529. The number of carboxylic acids is 1. The van der Waals surface area contributed by atoms with Gasteiger partial charge in [-0.25, -0.2) is 8.42 Å². The van der Waals surface area contributed by atoms with E-state index in [0.717, 1.165) is 19.3 Å². The van der Waals surface area contributed by atoms with Gasteiger partial charge in [0.25, 0.3) is 5.91 Å². The molecular weight excluding hydrogens is 344 g/mol. The molecule has 1 heterocycles. The fourth-order valence-electron chi connectivity index (χ4n) is 3.09. The van der Waals surface area contributed by atoms with Crippen molar-refractivity contribution in [2.75, 3.05) is 19.6 Å². The summed E-state index contributed by atoms with van der Waals surface area (Å²) in [6, 6.07) is 6.09. The highest BCUT2D eigenvalue weighted by Crippen LogP contribution is 2.45. The number of sulfonamides is 1. The Kier molecular flexibility index (Phi) is 4.83. The van der Waals surface area contributed by atoms with E-state index in [0.29, 0.717) is 25.9 Å². The van der Waals surface area contributed by atoms with Gasteiger partial charge < -0.3 is 10.4 Å². The lowest BCUT2D eigenvalue weighted by atomic mass is 10.1. The molecule has 1 amide bonds. The smallest absolute Gasteiger partial charge is 0.311 e. The van der Waals surface area contributed by atoms with E-state index < -0.39 is 27.3 Å². The molecule has 1 aliphatic heterocycles. The number of rotatable bonds is 6.